The second kappa shape index (κ2) is 6.24. The number of fused-ring (bicyclic) bond motifs is 6. The van der Waals surface area contributed by atoms with E-state index in [0.29, 0.717) is 17.1 Å². The van der Waals surface area contributed by atoms with Crippen LogP contribution < -0.4 is 9.47 Å². The van der Waals surface area contributed by atoms with E-state index in [4.69, 9.17) is 21.1 Å². The zero-order valence-electron chi connectivity index (χ0n) is 15.4. The minimum Gasteiger partial charge on any atom is -0.426 e. The lowest BCUT2D eigenvalue weighted by Gasteiger charge is -2.23. The molecule has 4 rings (SSSR count). The highest BCUT2D eigenvalue weighted by Gasteiger charge is 2.44. The predicted octanol–water partition coefficient (Wildman–Crippen LogP) is 5.26. The van der Waals surface area contributed by atoms with Gasteiger partial charge in [0, 0.05) is 51.3 Å². The van der Waals surface area contributed by atoms with Crippen molar-refractivity contribution in [2.75, 3.05) is 0 Å². The number of halogens is 1. The fourth-order valence-electron chi connectivity index (χ4n) is 4.04. The van der Waals surface area contributed by atoms with Crippen LogP contribution in [-0.2, 0) is 9.59 Å². The molecule has 2 bridgehead atoms. The molecule has 0 radical (unpaired) electrons. The number of rotatable bonds is 3. The van der Waals surface area contributed by atoms with Gasteiger partial charge in [-0.25, -0.2) is 4.79 Å². The van der Waals surface area contributed by atoms with Gasteiger partial charge in [0.15, 0.2) is 0 Å². The maximum atomic E-state index is 12.3. The lowest BCUT2D eigenvalue weighted by atomic mass is 9.90. The molecule has 0 spiro atoms. The van der Waals surface area contributed by atoms with Crippen LogP contribution in [0.2, 0.25) is 0 Å². The number of allylic oxidation sites excluding steroid dienone is 2. The van der Waals surface area contributed by atoms with E-state index < -0.39 is 5.97 Å². The van der Waals surface area contributed by atoms with Crippen molar-refractivity contribution in [3.63, 3.8) is 0 Å². The standard InChI is InChI=1S/C22H19ClO4/c1-10(2)22(25)27-20-14-6-5-11(3)7-15(14)21(26-12(4)24)18-13-8-16(19(18)20)17(23)9-13/h5-7,9,13,16H,1,8H2,2-4H3. The molecule has 0 heterocycles. The van der Waals surface area contributed by atoms with Crippen LogP contribution in [0.1, 0.15) is 48.8 Å². The molecule has 0 saturated heterocycles. The second-order valence-corrected chi connectivity index (χ2v) is 7.68. The van der Waals surface area contributed by atoms with Gasteiger partial charge in [0.25, 0.3) is 0 Å². The number of aryl methyl sites for hydroxylation is 1. The van der Waals surface area contributed by atoms with Crippen LogP contribution in [0.25, 0.3) is 10.8 Å². The quantitative estimate of drug-likeness (QED) is 0.412. The molecule has 138 valence electrons. The molecule has 5 heteroatoms. The third-order valence-electron chi connectivity index (χ3n) is 5.13. The maximum Gasteiger partial charge on any atom is 0.338 e. The summed E-state index contributed by atoms with van der Waals surface area (Å²) in [4.78, 5) is 24.1. The number of esters is 2. The Morgan fingerprint density at radius 3 is 2.48 bits per heavy atom. The van der Waals surface area contributed by atoms with Crippen molar-refractivity contribution >= 4 is 34.3 Å². The zero-order valence-corrected chi connectivity index (χ0v) is 16.1. The summed E-state index contributed by atoms with van der Waals surface area (Å²) in [6, 6.07) is 5.78. The molecule has 4 nitrogen and oxygen atoms in total. The van der Waals surface area contributed by atoms with E-state index in [2.05, 4.69) is 6.58 Å². The second-order valence-electron chi connectivity index (χ2n) is 7.24. The first kappa shape index (κ1) is 17.8. The Morgan fingerprint density at radius 1 is 1.11 bits per heavy atom. The van der Waals surface area contributed by atoms with Gasteiger partial charge in [-0.05, 0) is 26.3 Å². The van der Waals surface area contributed by atoms with E-state index in [1.54, 1.807) is 6.92 Å². The van der Waals surface area contributed by atoms with Gasteiger partial charge in [-0.3, -0.25) is 4.79 Å². The number of carbonyl (C=O) groups excluding carboxylic acids is 2. The van der Waals surface area contributed by atoms with E-state index in [1.807, 2.05) is 31.2 Å². The molecule has 0 fully saturated rings. The van der Waals surface area contributed by atoms with Crippen LogP contribution in [0.3, 0.4) is 0 Å². The van der Waals surface area contributed by atoms with Gasteiger partial charge in [0.2, 0.25) is 0 Å². The molecule has 2 aromatic rings. The molecule has 0 N–H and O–H groups in total. The molecule has 0 aromatic heterocycles. The fraction of sp³-hybridized carbons (Fsp3) is 0.273. The van der Waals surface area contributed by atoms with Crippen molar-refractivity contribution in [3.8, 4) is 11.5 Å². The third-order valence-corrected chi connectivity index (χ3v) is 5.52. The van der Waals surface area contributed by atoms with Crippen LogP contribution >= 0.6 is 11.6 Å². The number of carbonyl (C=O) groups is 2. The molecular formula is C22H19ClO4. The number of benzene rings is 2. The summed E-state index contributed by atoms with van der Waals surface area (Å²) in [6.45, 7) is 8.64. The Balaban J connectivity index is 2.07. The Morgan fingerprint density at radius 2 is 1.81 bits per heavy atom. The molecule has 0 amide bonds. The summed E-state index contributed by atoms with van der Waals surface area (Å²) >= 11 is 6.44. The maximum absolute atomic E-state index is 12.3. The van der Waals surface area contributed by atoms with Crippen LogP contribution in [0.5, 0.6) is 11.5 Å². The number of hydrogen-bond acceptors (Lipinski definition) is 4. The van der Waals surface area contributed by atoms with Gasteiger partial charge in [-0.1, -0.05) is 42.0 Å². The highest BCUT2D eigenvalue weighted by molar-refractivity contribution is 6.31. The first-order valence-electron chi connectivity index (χ1n) is 8.81. The largest absolute Gasteiger partial charge is 0.426 e. The van der Waals surface area contributed by atoms with Gasteiger partial charge in [-0.2, -0.15) is 0 Å². The van der Waals surface area contributed by atoms with Crippen LogP contribution in [0, 0.1) is 6.92 Å². The topological polar surface area (TPSA) is 52.6 Å². The van der Waals surface area contributed by atoms with Crippen molar-refractivity contribution < 1.29 is 19.1 Å². The normalized spacial score (nSPS) is 19.6. The zero-order chi connectivity index (χ0) is 19.5. The summed E-state index contributed by atoms with van der Waals surface area (Å²) in [6.07, 6.45) is 2.78. The SMILES string of the molecule is C=C(C)C(=O)Oc1c2c(c(OC(C)=O)c3cc(C)ccc13)C1C=C(Cl)C2C1. The summed E-state index contributed by atoms with van der Waals surface area (Å²) in [5, 5.41) is 2.22. The number of hydrogen-bond donors (Lipinski definition) is 0. The van der Waals surface area contributed by atoms with Crippen molar-refractivity contribution in [1.29, 1.82) is 0 Å². The molecule has 2 aliphatic carbocycles. The summed E-state index contributed by atoms with van der Waals surface area (Å²) in [7, 11) is 0. The van der Waals surface area contributed by atoms with Gasteiger partial charge >= 0.3 is 11.9 Å². The van der Waals surface area contributed by atoms with Crippen LogP contribution in [0.15, 0.2) is 41.5 Å². The van der Waals surface area contributed by atoms with Gasteiger partial charge in [0.05, 0.1) is 0 Å². The van der Waals surface area contributed by atoms with E-state index >= 15 is 0 Å². The van der Waals surface area contributed by atoms with Crippen molar-refractivity contribution in [3.05, 3.63) is 58.1 Å². The van der Waals surface area contributed by atoms with Crippen molar-refractivity contribution in [2.45, 2.75) is 39.0 Å². The van der Waals surface area contributed by atoms with Gasteiger partial charge in [0.1, 0.15) is 11.5 Å². The molecule has 2 aromatic carbocycles. The lowest BCUT2D eigenvalue weighted by molar-refractivity contribution is -0.132. The van der Waals surface area contributed by atoms with Gasteiger partial charge in [-0.15, -0.1) is 0 Å². The Kier molecular flexibility index (Phi) is 4.11. The minimum absolute atomic E-state index is 0.0408. The van der Waals surface area contributed by atoms with E-state index in [1.165, 1.54) is 6.92 Å². The van der Waals surface area contributed by atoms with Crippen molar-refractivity contribution in [1.82, 2.24) is 0 Å². The average molecular weight is 383 g/mol. The summed E-state index contributed by atoms with van der Waals surface area (Å²) in [5.74, 6) is 0.146. The average Bonchev–Trinajstić information content (AvgIpc) is 3.14. The van der Waals surface area contributed by atoms with E-state index in [9.17, 15) is 9.59 Å². The fourth-order valence-corrected chi connectivity index (χ4v) is 4.39. The predicted molar refractivity (Wildman–Crippen MR) is 104 cm³/mol. The smallest absolute Gasteiger partial charge is 0.338 e. The van der Waals surface area contributed by atoms with Crippen LogP contribution in [0.4, 0.5) is 0 Å². The molecule has 2 atom stereocenters. The van der Waals surface area contributed by atoms with E-state index in [0.717, 1.165) is 38.9 Å². The first-order valence-corrected chi connectivity index (χ1v) is 9.19. The van der Waals surface area contributed by atoms with Crippen LogP contribution in [-0.4, -0.2) is 11.9 Å². The highest BCUT2D eigenvalue weighted by atomic mass is 35.5. The minimum atomic E-state index is -0.484. The Hall–Kier alpha value is -2.59. The van der Waals surface area contributed by atoms with E-state index in [-0.39, 0.29) is 17.8 Å². The molecule has 2 unspecified atom stereocenters. The molecule has 2 aliphatic rings. The summed E-state index contributed by atoms with van der Waals surface area (Å²) < 4.78 is 11.4. The summed E-state index contributed by atoms with van der Waals surface area (Å²) in [5.41, 5.74) is 3.07. The first-order chi connectivity index (χ1) is 12.8. The molecular weight excluding hydrogens is 364 g/mol. The number of ether oxygens (including phenoxy) is 2. The monoisotopic (exact) mass is 382 g/mol. The lowest BCUT2D eigenvalue weighted by Crippen LogP contribution is -2.13. The molecule has 27 heavy (non-hydrogen) atoms. The highest BCUT2D eigenvalue weighted by Crippen LogP contribution is 2.61. The molecule has 0 aliphatic heterocycles. The Bertz CT molecular complexity index is 1060. The molecule has 0 saturated carbocycles. The van der Waals surface area contributed by atoms with Gasteiger partial charge < -0.3 is 9.47 Å². The Labute approximate surface area is 162 Å². The third kappa shape index (κ3) is 2.76. The van der Waals surface area contributed by atoms with Crippen molar-refractivity contribution in [2.24, 2.45) is 0 Å².